The number of methoxy groups -OCH3 is 1. The zero-order chi connectivity index (χ0) is 11.8. The maximum atomic E-state index is 11.5. The standard InChI is InChI=1S/C12H12N2O2S/c1-16-12(15)8-2-5-11-10(6-8)14(7-13-17-11)9-3-4-9/h2,5-7,9H,3-4H2,1H3. The lowest BCUT2D eigenvalue weighted by Crippen LogP contribution is -2.25. The Balaban J connectivity index is 2.00. The number of ether oxygens (including phenoxy) is 1. The summed E-state index contributed by atoms with van der Waals surface area (Å²) in [6.07, 6.45) is 4.24. The summed E-state index contributed by atoms with van der Waals surface area (Å²) in [4.78, 5) is 14.8. The molecular formula is C12H12N2O2S. The molecule has 1 aliphatic carbocycles. The predicted octanol–water partition coefficient (Wildman–Crippen LogP) is 2.49. The number of carbonyl (C=O) groups is 1. The van der Waals surface area contributed by atoms with Gasteiger partial charge in [0.2, 0.25) is 0 Å². The Bertz CT molecular complexity index is 497. The van der Waals surface area contributed by atoms with Crippen molar-refractivity contribution in [2.24, 2.45) is 4.40 Å². The van der Waals surface area contributed by atoms with Crippen molar-refractivity contribution < 1.29 is 9.53 Å². The first-order valence-electron chi connectivity index (χ1n) is 5.51. The van der Waals surface area contributed by atoms with Gasteiger partial charge in [0.1, 0.15) is 6.34 Å². The quantitative estimate of drug-likeness (QED) is 0.595. The molecule has 0 radical (unpaired) electrons. The zero-order valence-corrected chi connectivity index (χ0v) is 10.2. The Labute approximate surface area is 104 Å². The summed E-state index contributed by atoms with van der Waals surface area (Å²) < 4.78 is 9.00. The number of hydrogen-bond acceptors (Lipinski definition) is 5. The first-order chi connectivity index (χ1) is 8.29. The average molecular weight is 248 g/mol. The maximum absolute atomic E-state index is 11.5. The SMILES string of the molecule is COC(=O)c1ccc2c(c1)N(C1CC1)C=NS2. The Morgan fingerprint density at radius 1 is 1.53 bits per heavy atom. The van der Waals surface area contributed by atoms with Crippen LogP contribution in [0.2, 0.25) is 0 Å². The van der Waals surface area contributed by atoms with E-state index in [4.69, 9.17) is 4.74 Å². The molecule has 17 heavy (non-hydrogen) atoms. The molecule has 0 bridgehead atoms. The van der Waals surface area contributed by atoms with Gasteiger partial charge in [-0.15, -0.1) is 0 Å². The van der Waals surface area contributed by atoms with Crippen LogP contribution < -0.4 is 4.90 Å². The number of anilines is 1. The fourth-order valence-electron chi connectivity index (χ4n) is 1.88. The van der Waals surface area contributed by atoms with E-state index >= 15 is 0 Å². The molecule has 0 saturated heterocycles. The molecule has 88 valence electrons. The van der Waals surface area contributed by atoms with Crippen LogP contribution in [0, 0.1) is 0 Å². The summed E-state index contributed by atoms with van der Waals surface area (Å²) >= 11 is 1.44. The minimum atomic E-state index is -0.295. The highest BCUT2D eigenvalue weighted by atomic mass is 32.2. The van der Waals surface area contributed by atoms with Gasteiger partial charge in [0.15, 0.2) is 0 Å². The fourth-order valence-corrected chi connectivity index (χ4v) is 2.53. The molecule has 5 heteroatoms. The molecule has 0 atom stereocenters. The van der Waals surface area contributed by atoms with Crippen molar-refractivity contribution in [2.45, 2.75) is 23.8 Å². The number of nitrogens with zero attached hydrogens (tertiary/aromatic N) is 2. The molecule has 1 aromatic carbocycles. The van der Waals surface area contributed by atoms with Crippen molar-refractivity contribution in [2.75, 3.05) is 12.0 Å². The highest BCUT2D eigenvalue weighted by Gasteiger charge is 2.31. The van der Waals surface area contributed by atoms with E-state index in [1.54, 1.807) is 6.07 Å². The molecule has 3 rings (SSSR count). The monoisotopic (exact) mass is 248 g/mol. The molecule has 1 aromatic rings. The number of fused-ring (bicyclic) bond motifs is 1. The van der Waals surface area contributed by atoms with Gasteiger partial charge in [0.05, 0.1) is 23.3 Å². The van der Waals surface area contributed by atoms with Crippen LogP contribution in [-0.4, -0.2) is 25.5 Å². The Hall–Kier alpha value is -1.49. The molecule has 0 N–H and O–H groups in total. The number of carbonyl (C=O) groups excluding carboxylic acids is 1. The van der Waals surface area contributed by atoms with Crippen molar-refractivity contribution in [3.8, 4) is 0 Å². The fraction of sp³-hybridized carbons (Fsp3) is 0.333. The van der Waals surface area contributed by atoms with Gasteiger partial charge in [0, 0.05) is 18.0 Å². The summed E-state index contributed by atoms with van der Waals surface area (Å²) in [7, 11) is 1.40. The van der Waals surface area contributed by atoms with Crippen LogP contribution in [0.1, 0.15) is 23.2 Å². The number of rotatable bonds is 2. The molecule has 1 saturated carbocycles. The van der Waals surface area contributed by atoms with E-state index in [0.29, 0.717) is 11.6 Å². The Morgan fingerprint density at radius 3 is 3.06 bits per heavy atom. The molecule has 1 fully saturated rings. The number of esters is 1. The van der Waals surface area contributed by atoms with Gasteiger partial charge < -0.3 is 9.64 Å². The molecule has 0 spiro atoms. The van der Waals surface area contributed by atoms with Crippen LogP contribution in [-0.2, 0) is 4.74 Å². The topological polar surface area (TPSA) is 41.9 Å². The molecular weight excluding hydrogens is 236 g/mol. The van der Waals surface area contributed by atoms with Crippen molar-refractivity contribution >= 4 is 29.9 Å². The van der Waals surface area contributed by atoms with Crippen LogP contribution >= 0.6 is 11.9 Å². The van der Waals surface area contributed by atoms with Gasteiger partial charge >= 0.3 is 5.97 Å². The van der Waals surface area contributed by atoms with E-state index in [-0.39, 0.29) is 5.97 Å². The lowest BCUT2D eigenvalue weighted by atomic mass is 10.2. The van der Waals surface area contributed by atoms with E-state index < -0.39 is 0 Å². The van der Waals surface area contributed by atoms with E-state index in [2.05, 4.69) is 9.30 Å². The summed E-state index contributed by atoms with van der Waals surface area (Å²) in [5.74, 6) is -0.295. The van der Waals surface area contributed by atoms with Crippen LogP contribution in [0.15, 0.2) is 27.5 Å². The smallest absolute Gasteiger partial charge is 0.337 e. The van der Waals surface area contributed by atoms with E-state index in [1.165, 1.54) is 31.9 Å². The first-order valence-corrected chi connectivity index (χ1v) is 6.28. The highest BCUT2D eigenvalue weighted by molar-refractivity contribution is 7.98. The third-order valence-corrected chi connectivity index (χ3v) is 3.66. The van der Waals surface area contributed by atoms with Crippen LogP contribution in [0.5, 0.6) is 0 Å². The molecule has 1 aliphatic heterocycles. The van der Waals surface area contributed by atoms with Gasteiger partial charge in [-0.2, -0.15) is 0 Å². The lowest BCUT2D eigenvalue weighted by molar-refractivity contribution is 0.0600. The Kier molecular flexibility index (Phi) is 2.55. The summed E-state index contributed by atoms with van der Waals surface area (Å²) in [5.41, 5.74) is 1.66. The van der Waals surface area contributed by atoms with Gasteiger partial charge in [-0.1, -0.05) is 0 Å². The largest absolute Gasteiger partial charge is 0.465 e. The zero-order valence-electron chi connectivity index (χ0n) is 9.42. The normalized spacial score (nSPS) is 17.8. The molecule has 4 nitrogen and oxygen atoms in total. The van der Waals surface area contributed by atoms with Gasteiger partial charge in [-0.3, -0.25) is 0 Å². The maximum Gasteiger partial charge on any atom is 0.337 e. The van der Waals surface area contributed by atoms with Crippen molar-refractivity contribution in [3.63, 3.8) is 0 Å². The van der Waals surface area contributed by atoms with Crippen molar-refractivity contribution in [1.29, 1.82) is 0 Å². The summed E-state index contributed by atoms with van der Waals surface area (Å²) in [6, 6.07) is 6.14. The van der Waals surface area contributed by atoms with Gasteiger partial charge in [0.25, 0.3) is 0 Å². The van der Waals surface area contributed by atoms with E-state index in [1.807, 2.05) is 18.5 Å². The molecule has 2 aliphatic rings. The van der Waals surface area contributed by atoms with Crippen LogP contribution in [0.4, 0.5) is 5.69 Å². The molecule has 0 unspecified atom stereocenters. The van der Waals surface area contributed by atoms with Crippen LogP contribution in [0.3, 0.4) is 0 Å². The minimum absolute atomic E-state index is 0.295. The molecule has 0 aromatic heterocycles. The summed E-state index contributed by atoms with van der Waals surface area (Å²) in [6.45, 7) is 0. The Morgan fingerprint density at radius 2 is 2.35 bits per heavy atom. The van der Waals surface area contributed by atoms with E-state index in [0.717, 1.165) is 10.6 Å². The average Bonchev–Trinajstić information content (AvgIpc) is 3.20. The third-order valence-electron chi connectivity index (χ3n) is 2.92. The third kappa shape index (κ3) is 1.91. The summed E-state index contributed by atoms with van der Waals surface area (Å²) in [5, 5.41) is 0. The number of benzene rings is 1. The first kappa shape index (κ1) is 10.7. The second kappa shape index (κ2) is 4.07. The van der Waals surface area contributed by atoms with Crippen molar-refractivity contribution in [1.82, 2.24) is 0 Å². The van der Waals surface area contributed by atoms with Gasteiger partial charge in [-0.25, -0.2) is 9.19 Å². The van der Waals surface area contributed by atoms with Crippen molar-refractivity contribution in [3.05, 3.63) is 23.8 Å². The van der Waals surface area contributed by atoms with E-state index in [9.17, 15) is 4.79 Å². The predicted molar refractivity (Wildman–Crippen MR) is 67.6 cm³/mol. The second-order valence-corrected chi connectivity index (χ2v) is 4.96. The molecule has 0 amide bonds. The highest BCUT2D eigenvalue weighted by Crippen LogP contribution is 2.40. The lowest BCUT2D eigenvalue weighted by Gasteiger charge is -2.24. The molecule has 1 heterocycles. The van der Waals surface area contributed by atoms with Gasteiger partial charge in [-0.05, 0) is 31.0 Å². The minimum Gasteiger partial charge on any atom is -0.465 e. The van der Waals surface area contributed by atoms with Crippen LogP contribution in [0.25, 0.3) is 0 Å². The number of hydrogen-bond donors (Lipinski definition) is 0. The second-order valence-electron chi connectivity index (χ2n) is 4.12.